The molecule has 2 atom stereocenters. The average Bonchev–Trinajstić information content (AvgIpc) is 2.73. The van der Waals surface area contributed by atoms with Crippen molar-refractivity contribution in [1.82, 2.24) is 9.88 Å². The number of hydrogen-bond acceptors (Lipinski definition) is 7. The van der Waals surface area contributed by atoms with Crippen LogP contribution >= 0.6 is 0 Å². The second-order valence-electron chi connectivity index (χ2n) is 6.56. The molecule has 0 radical (unpaired) electrons. The minimum atomic E-state index is -1.73. The first kappa shape index (κ1) is 18.9. The largest absolute Gasteiger partial charge is 0.450 e. The molecule has 1 aromatic heterocycles. The van der Waals surface area contributed by atoms with Gasteiger partial charge in [0.05, 0.1) is 30.0 Å². The summed E-state index contributed by atoms with van der Waals surface area (Å²) in [5, 5.41) is 29.6. The maximum Gasteiger partial charge on any atom is 0.410 e. The molecule has 0 saturated carbocycles. The van der Waals surface area contributed by atoms with Crippen molar-refractivity contribution in [2.24, 2.45) is 17.1 Å². The fourth-order valence-corrected chi connectivity index (χ4v) is 3.99. The van der Waals surface area contributed by atoms with Crippen LogP contribution in [0.25, 0.3) is 0 Å². The third-order valence-corrected chi connectivity index (χ3v) is 5.26. The quantitative estimate of drug-likeness (QED) is 0.834. The fraction of sp³-hybridized carbons (Fsp3) is 0.350. The number of nitrogens with zero attached hydrogens (tertiary/aromatic N) is 5. The van der Waals surface area contributed by atoms with Crippen LogP contribution in [0.3, 0.4) is 0 Å². The third-order valence-electron chi connectivity index (χ3n) is 5.26. The predicted molar refractivity (Wildman–Crippen MR) is 97.6 cm³/mol. The van der Waals surface area contributed by atoms with Crippen molar-refractivity contribution in [3.05, 3.63) is 53.0 Å². The summed E-state index contributed by atoms with van der Waals surface area (Å²) in [6.45, 7) is 2.43. The summed E-state index contributed by atoms with van der Waals surface area (Å²) in [7, 11) is 0. The number of rotatable bonds is 2. The van der Waals surface area contributed by atoms with Crippen LogP contribution in [0.5, 0.6) is 0 Å². The highest BCUT2D eigenvalue weighted by atomic mass is 16.6. The lowest BCUT2D eigenvalue weighted by atomic mass is 9.58. The number of nitrogens with two attached hydrogens (primary N) is 1. The Balaban J connectivity index is 2.22. The molecule has 0 fully saturated rings. The molecule has 1 amide bonds. The second-order valence-corrected chi connectivity index (χ2v) is 6.56. The molecule has 2 heterocycles. The van der Waals surface area contributed by atoms with Crippen LogP contribution in [0.4, 0.5) is 4.79 Å². The van der Waals surface area contributed by atoms with E-state index in [0.717, 1.165) is 0 Å². The Kier molecular flexibility index (Phi) is 5.02. The molecule has 140 valence electrons. The zero-order valence-electron chi connectivity index (χ0n) is 15.3. The normalized spacial score (nSPS) is 22.8. The van der Waals surface area contributed by atoms with Gasteiger partial charge in [-0.25, -0.2) is 4.79 Å². The van der Waals surface area contributed by atoms with E-state index in [1.165, 1.54) is 4.90 Å². The van der Waals surface area contributed by atoms with Gasteiger partial charge in [-0.15, -0.1) is 0 Å². The number of pyridine rings is 1. The van der Waals surface area contributed by atoms with E-state index >= 15 is 0 Å². The Morgan fingerprint density at radius 2 is 2.04 bits per heavy atom. The number of aromatic nitrogens is 1. The Hall–Kier alpha value is -3.83. The van der Waals surface area contributed by atoms with Crippen LogP contribution in [-0.4, -0.2) is 35.7 Å². The monoisotopic (exact) mass is 374 g/mol. The van der Waals surface area contributed by atoms with Gasteiger partial charge in [0, 0.05) is 37.3 Å². The van der Waals surface area contributed by atoms with E-state index in [0.29, 0.717) is 11.1 Å². The van der Waals surface area contributed by atoms with Crippen molar-refractivity contribution in [3.63, 3.8) is 0 Å². The van der Waals surface area contributed by atoms with E-state index < -0.39 is 23.3 Å². The molecular weight excluding hydrogens is 356 g/mol. The molecule has 2 N–H and O–H groups in total. The number of nitriles is 3. The second kappa shape index (κ2) is 7.42. The molecule has 0 aromatic carbocycles. The van der Waals surface area contributed by atoms with Gasteiger partial charge in [-0.05, 0) is 30.2 Å². The lowest BCUT2D eigenvalue weighted by Crippen LogP contribution is -2.49. The Morgan fingerprint density at radius 1 is 1.36 bits per heavy atom. The Morgan fingerprint density at radius 3 is 2.61 bits per heavy atom. The van der Waals surface area contributed by atoms with Crippen LogP contribution in [-0.2, 0) is 4.74 Å². The molecule has 1 aliphatic heterocycles. The van der Waals surface area contributed by atoms with Gasteiger partial charge in [-0.3, -0.25) is 4.98 Å². The van der Waals surface area contributed by atoms with Crippen molar-refractivity contribution in [2.75, 3.05) is 19.7 Å². The van der Waals surface area contributed by atoms with Gasteiger partial charge in [0.2, 0.25) is 0 Å². The van der Waals surface area contributed by atoms with Gasteiger partial charge in [-0.1, -0.05) is 6.08 Å². The molecule has 0 saturated heterocycles. The van der Waals surface area contributed by atoms with Crippen molar-refractivity contribution in [3.8, 4) is 18.2 Å². The van der Waals surface area contributed by atoms with Gasteiger partial charge < -0.3 is 15.4 Å². The molecule has 3 rings (SSSR count). The molecule has 8 nitrogen and oxygen atoms in total. The first-order valence-electron chi connectivity index (χ1n) is 8.78. The molecular formula is C20H18N6O2. The summed E-state index contributed by atoms with van der Waals surface area (Å²) in [6, 6.07) is 9.61. The standard InChI is InChI=1S/C20H18N6O2/c1-2-28-19(27)26-8-5-14-15(9-21)18(24)20(11-22,12-23)17(16(14)10-26)13-3-6-25-7-4-13/h3-7,16-17H,2,8,10,24H2,1H3/t16-,17+/m1/s1. The molecule has 28 heavy (non-hydrogen) atoms. The van der Waals surface area contributed by atoms with Crippen LogP contribution < -0.4 is 5.73 Å². The average molecular weight is 374 g/mol. The highest BCUT2D eigenvalue weighted by molar-refractivity contribution is 5.69. The minimum Gasteiger partial charge on any atom is -0.450 e. The van der Waals surface area contributed by atoms with Crippen LogP contribution in [0.2, 0.25) is 0 Å². The van der Waals surface area contributed by atoms with Gasteiger partial charge in [-0.2, -0.15) is 15.8 Å². The van der Waals surface area contributed by atoms with Crippen LogP contribution in [0.1, 0.15) is 18.4 Å². The first-order valence-corrected chi connectivity index (χ1v) is 8.78. The molecule has 0 spiro atoms. The first-order chi connectivity index (χ1) is 13.5. The Labute approximate surface area is 162 Å². The number of amides is 1. The lowest BCUT2D eigenvalue weighted by Gasteiger charge is -2.45. The zero-order valence-corrected chi connectivity index (χ0v) is 15.3. The van der Waals surface area contributed by atoms with E-state index in [4.69, 9.17) is 10.5 Å². The van der Waals surface area contributed by atoms with Gasteiger partial charge in [0.1, 0.15) is 6.07 Å². The highest BCUT2D eigenvalue weighted by Crippen LogP contribution is 2.54. The molecule has 0 unspecified atom stereocenters. The third kappa shape index (κ3) is 2.74. The molecule has 1 aromatic rings. The zero-order chi connectivity index (χ0) is 20.3. The van der Waals surface area contributed by atoms with Crippen molar-refractivity contribution in [2.45, 2.75) is 12.8 Å². The summed E-state index contributed by atoms with van der Waals surface area (Å²) < 4.78 is 5.10. The highest BCUT2D eigenvalue weighted by Gasteiger charge is 2.54. The predicted octanol–water partition coefficient (Wildman–Crippen LogP) is 1.96. The minimum absolute atomic E-state index is 0.0473. The van der Waals surface area contributed by atoms with Crippen molar-refractivity contribution >= 4 is 6.09 Å². The number of ether oxygens (including phenoxy) is 1. The maximum atomic E-state index is 12.3. The fourth-order valence-electron chi connectivity index (χ4n) is 3.99. The van der Waals surface area contributed by atoms with E-state index in [2.05, 4.69) is 23.2 Å². The number of fused-ring (bicyclic) bond motifs is 1. The van der Waals surface area contributed by atoms with Crippen LogP contribution in [0, 0.1) is 45.3 Å². The molecule has 2 aliphatic rings. The van der Waals surface area contributed by atoms with E-state index in [-0.39, 0.29) is 31.0 Å². The molecule has 1 aliphatic carbocycles. The summed E-state index contributed by atoms with van der Waals surface area (Å²) >= 11 is 0. The SMILES string of the molecule is CCOC(=O)N1CC=C2C(C#N)=C(N)C(C#N)(C#N)[C@@H](c3ccncc3)[C@@H]2C1. The summed E-state index contributed by atoms with van der Waals surface area (Å²) in [5.74, 6) is -1.12. The van der Waals surface area contributed by atoms with Crippen molar-refractivity contribution in [1.29, 1.82) is 15.8 Å². The maximum absolute atomic E-state index is 12.3. The lowest BCUT2D eigenvalue weighted by molar-refractivity contribution is 0.0999. The van der Waals surface area contributed by atoms with Gasteiger partial charge in [0.15, 0.2) is 5.41 Å². The van der Waals surface area contributed by atoms with Gasteiger partial charge >= 0.3 is 6.09 Å². The number of hydrogen-bond donors (Lipinski definition) is 1. The number of allylic oxidation sites excluding steroid dienone is 2. The van der Waals surface area contributed by atoms with Gasteiger partial charge in [0.25, 0.3) is 0 Å². The summed E-state index contributed by atoms with van der Waals surface area (Å²) in [6.07, 6.45) is 4.42. The topological polar surface area (TPSA) is 140 Å². The summed E-state index contributed by atoms with van der Waals surface area (Å²) in [4.78, 5) is 17.8. The van der Waals surface area contributed by atoms with E-state index in [9.17, 15) is 20.6 Å². The molecule has 0 bridgehead atoms. The van der Waals surface area contributed by atoms with Crippen molar-refractivity contribution < 1.29 is 9.53 Å². The van der Waals surface area contributed by atoms with E-state index in [1.54, 1.807) is 37.5 Å². The number of carbonyl (C=O) groups is 1. The Bertz CT molecular complexity index is 963. The smallest absolute Gasteiger partial charge is 0.410 e. The van der Waals surface area contributed by atoms with E-state index in [1.807, 2.05) is 0 Å². The number of carbonyl (C=O) groups excluding carboxylic acids is 1. The molecule has 8 heteroatoms. The summed E-state index contributed by atoms with van der Waals surface area (Å²) in [5.41, 5.74) is 5.93. The van der Waals surface area contributed by atoms with Crippen LogP contribution in [0.15, 0.2) is 47.4 Å².